The average Bonchev–Trinajstić information content (AvgIpc) is 2.85. The van der Waals surface area contributed by atoms with Crippen LogP contribution in [0.5, 0.6) is 5.75 Å². The number of methoxy groups -OCH3 is 1. The van der Waals surface area contributed by atoms with Gasteiger partial charge in [-0.3, -0.25) is 4.79 Å². The number of amides is 1. The molecule has 2 rings (SSSR count). The maximum Gasteiger partial charge on any atom is 0.238 e. The van der Waals surface area contributed by atoms with E-state index in [1.165, 1.54) is 23.1 Å². The summed E-state index contributed by atoms with van der Waals surface area (Å²) in [5.41, 5.74) is 0.552. The third-order valence-corrected chi connectivity index (χ3v) is 4.31. The van der Waals surface area contributed by atoms with Crippen LogP contribution in [0.15, 0.2) is 23.1 Å². The Labute approximate surface area is 123 Å². The van der Waals surface area contributed by atoms with E-state index in [2.05, 4.69) is 0 Å². The van der Waals surface area contributed by atoms with Crippen molar-refractivity contribution in [3.63, 3.8) is 0 Å². The Kier molecular flexibility index (Phi) is 4.50. The minimum atomic E-state index is -3.81. The van der Waals surface area contributed by atoms with Gasteiger partial charge in [-0.2, -0.15) is 0 Å². The molecule has 1 aromatic rings. The Hall–Kier alpha value is -1.64. The van der Waals surface area contributed by atoms with Gasteiger partial charge in [-0.25, -0.2) is 13.6 Å². The first-order valence-electron chi connectivity index (χ1n) is 6.38. The summed E-state index contributed by atoms with van der Waals surface area (Å²) in [6.45, 7) is 1.08. The second-order valence-electron chi connectivity index (χ2n) is 4.86. The van der Waals surface area contributed by atoms with Gasteiger partial charge in [-0.05, 0) is 18.2 Å². The summed E-state index contributed by atoms with van der Waals surface area (Å²) in [7, 11) is -0.579. The number of ether oxygens (including phenoxy) is 2. The molecule has 0 fully saturated rings. The van der Waals surface area contributed by atoms with E-state index >= 15 is 0 Å². The summed E-state index contributed by atoms with van der Waals surface area (Å²) < 4.78 is 33.2. The van der Waals surface area contributed by atoms with Crippen molar-refractivity contribution >= 4 is 15.9 Å². The van der Waals surface area contributed by atoms with Crippen LogP contribution < -0.4 is 9.88 Å². The molecule has 0 saturated carbocycles. The predicted octanol–water partition coefficient (Wildman–Crippen LogP) is -0.0852. The van der Waals surface area contributed by atoms with E-state index in [-0.39, 0.29) is 17.4 Å². The van der Waals surface area contributed by atoms with Crippen LogP contribution in [0.25, 0.3) is 0 Å². The smallest absolute Gasteiger partial charge is 0.238 e. The molecule has 0 spiro atoms. The summed E-state index contributed by atoms with van der Waals surface area (Å²) in [5.74, 6) is -0.151. The Bertz CT molecular complexity index is 644. The lowest BCUT2D eigenvalue weighted by molar-refractivity contribution is -0.132. The van der Waals surface area contributed by atoms with Gasteiger partial charge in [0.2, 0.25) is 15.9 Å². The van der Waals surface area contributed by atoms with Crippen molar-refractivity contribution in [3.8, 4) is 5.75 Å². The van der Waals surface area contributed by atoms with E-state index in [1.54, 1.807) is 14.2 Å². The van der Waals surface area contributed by atoms with Crippen LogP contribution in [-0.4, -0.2) is 53.1 Å². The fourth-order valence-corrected chi connectivity index (χ4v) is 2.73. The summed E-state index contributed by atoms with van der Waals surface area (Å²) in [6, 6.07) is 4.30. The van der Waals surface area contributed by atoms with Gasteiger partial charge in [0.1, 0.15) is 18.3 Å². The number of fused-ring (bicyclic) bond motifs is 1. The largest absolute Gasteiger partial charge is 0.492 e. The van der Waals surface area contributed by atoms with Gasteiger partial charge in [0.05, 0.1) is 11.5 Å². The van der Waals surface area contributed by atoms with Crippen LogP contribution in [-0.2, 0) is 19.6 Å². The van der Waals surface area contributed by atoms with Crippen LogP contribution >= 0.6 is 0 Å². The molecular formula is C13H18N2O5S. The Morgan fingerprint density at radius 1 is 1.52 bits per heavy atom. The van der Waals surface area contributed by atoms with Gasteiger partial charge >= 0.3 is 0 Å². The van der Waals surface area contributed by atoms with Crippen molar-refractivity contribution in [2.75, 3.05) is 33.9 Å². The molecule has 0 bridgehead atoms. The van der Waals surface area contributed by atoms with Crippen LogP contribution in [0.3, 0.4) is 0 Å². The number of rotatable bonds is 5. The molecule has 21 heavy (non-hydrogen) atoms. The van der Waals surface area contributed by atoms with E-state index in [0.717, 1.165) is 0 Å². The van der Waals surface area contributed by atoms with Crippen molar-refractivity contribution in [1.82, 2.24) is 4.90 Å². The van der Waals surface area contributed by atoms with Gasteiger partial charge < -0.3 is 14.4 Å². The molecule has 7 nitrogen and oxygen atoms in total. The van der Waals surface area contributed by atoms with Crippen LogP contribution in [0, 0.1) is 0 Å². The van der Waals surface area contributed by atoms with Gasteiger partial charge in [0.25, 0.3) is 0 Å². The molecule has 1 aliphatic heterocycles. The highest BCUT2D eigenvalue weighted by Crippen LogP contribution is 2.36. The minimum Gasteiger partial charge on any atom is -0.492 e. The van der Waals surface area contributed by atoms with Crippen LogP contribution in [0.4, 0.5) is 0 Å². The molecule has 1 heterocycles. The highest BCUT2D eigenvalue weighted by Gasteiger charge is 2.33. The monoisotopic (exact) mass is 314 g/mol. The second-order valence-corrected chi connectivity index (χ2v) is 6.42. The average molecular weight is 314 g/mol. The SMILES string of the molecule is COCCN(C)C(=O)C1COc2ccc(S(N)(=O)=O)cc21. The number of sulfonamides is 1. The third kappa shape index (κ3) is 3.34. The first-order chi connectivity index (χ1) is 9.84. The molecule has 1 amide bonds. The zero-order valence-corrected chi connectivity index (χ0v) is 12.7. The number of hydrogen-bond acceptors (Lipinski definition) is 5. The number of benzene rings is 1. The number of nitrogens with two attached hydrogens (primary N) is 1. The Balaban J connectivity index is 2.26. The molecule has 1 aliphatic rings. The number of likely N-dealkylation sites (N-methyl/N-ethyl adjacent to an activating group) is 1. The lowest BCUT2D eigenvalue weighted by Crippen LogP contribution is -2.34. The number of carbonyl (C=O) groups is 1. The fraction of sp³-hybridized carbons (Fsp3) is 0.462. The van der Waals surface area contributed by atoms with Crippen molar-refractivity contribution in [1.29, 1.82) is 0 Å². The van der Waals surface area contributed by atoms with Gasteiger partial charge in [0.15, 0.2) is 0 Å². The van der Waals surface area contributed by atoms with Crippen molar-refractivity contribution in [2.24, 2.45) is 5.14 Å². The zero-order chi connectivity index (χ0) is 15.6. The van der Waals surface area contributed by atoms with Gasteiger partial charge in [-0.1, -0.05) is 0 Å². The molecule has 0 saturated heterocycles. The molecule has 2 N–H and O–H groups in total. The van der Waals surface area contributed by atoms with E-state index in [0.29, 0.717) is 24.5 Å². The molecule has 0 aliphatic carbocycles. The number of hydrogen-bond donors (Lipinski definition) is 1. The van der Waals surface area contributed by atoms with Gasteiger partial charge in [0, 0.05) is 26.3 Å². The van der Waals surface area contributed by atoms with E-state index in [1.807, 2.05) is 0 Å². The van der Waals surface area contributed by atoms with E-state index in [9.17, 15) is 13.2 Å². The molecule has 1 atom stereocenters. The van der Waals surface area contributed by atoms with Crippen molar-refractivity contribution in [3.05, 3.63) is 23.8 Å². The maximum atomic E-state index is 12.4. The lowest BCUT2D eigenvalue weighted by Gasteiger charge is -2.20. The normalized spacial score (nSPS) is 17.2. The highest BCUT2D eigenvalue weighted by molar-refractivity contribution is 7.89. The van der Waals surface area contributed by atoms with Crippen LogP contribution in [0.2, 0.25) is 0 Å². The second kappa shape index (κ2) is 6.00. The van der Waals surface area contributed by atoms with Crippen LogP contribution in [0.1, 0.15) is 11.5 Å². The van der Waals surface area contributed by atoms with E-state index < -0.39 is 15.9 Å². The first-order valence-corrected chi connectivity index (χ1v) is 7.92. The third-order valence-electron chi connectivity index (χ3n) is 3.40. The fourth-order valence-electron chi connectivity index (χ4n) is 2.18. The molecule has 116 valence electrons. The summed E-state index contributed by atoms with van der Waals surface area (Å²) >= 11 is 0. The number of carbonyl (C=O) groups excluding carboxylic acids is 1. The lowest BCUT2D eigenvalue weighted by atomic mass is 10.00. The van der Waals surface area contributed by atoms with E-state index in [4.69, 9.17) is 14.6 Å². The Morgan fingerprint density at radius 2 is 2.24 bits per heavy atom. The number of nitrogens with zero attached hydrogens (tertiary/aromatic N) is 1. The predicted molar refractivity (Wildman–Crippen MR) is 75.6 cm³/mol. The Morgan fingerprint density at radius 3 is 2.86 bits per heavy atom. The molecule has 0 radical (unpaired) electrons. The first kappa shape index (κ1) is 15.7. The molecule has 1 aromatic carbocycles. The standard InChI is InChI=1S/C13H18N2O5S/c1-15(5-6-19-2)13(16)11-8-20-12-4-3-9(7-10(11)12)21(14,17)18/h3-4,7,11H,5-6,8H2,1-2H3,(H2,14,17,18). The zero-order valence-electron chi connectivity index (χ0n) is 11.9. The molecule has 1 unspecified atom stereocenters. The maximum absolute atomic E-state index is 12.4. The summed E-state index contributed by atoms with van der Waals surface area (Å²) in [4.78, 5) is 13.9. The molecule has 0 aromatic heterocycles. The molecular weight excluding hydrogens is 296 g/mol. The highest BCUT2D eigenvalue weighted by atomic mass is 32.2. The topological polar surface area (TPSA) is 98.9 Å². The summed E-state index contributed by atoms with van der Waals surface area (Å²) in [5, 5.41) is 5.12. The quantitative estimate of drug-likeness (QED) is 0.819. The number of primary sulfonamides is 1. The molecule has 8 heteroatoms. The summed E-state index contributed by atoms with van der Waals surface area (Å²) in [6.07, 6.45) is 0. The van der Waals surface area contributed by atoms with Crippen molar-refractivity contribution < 1.29 is 22.7 Å². The van der Waals surface area contributed by atoms with Gasteiger partial charge in [-0.15, -0.1) is 0 Å². The minimum absolute atomic E-state index is 0.0240. The van der Waals surface area contributed by atoms with Crippen molar-refractivity contribution in [2.45, 2.75) is 10.8 Å².